The van der Waals surface area contributed by atoms with Crippen LogP contribution in [0.2, 0.25) is 0 Å². The molecule has 0 aliphatic carbocycles. The van der Waals surface area contributed by atoms with Gasteiger partial charge in [0.2, 0.25) is 10.8 Å². The van der Waals surface area contributed by atoms with E-state index in [-0.39, 0.29) is 17.7 Å². The summed E-state index contributed by atoms with van der Waals surface area (Å²) in [5, 5.41) is 15.1. The first-order valence-electron chi connectivity index (χ1n) is 9.07. The van der Waals surface area contributed by atoms with Gasteiger partial charge >= 0.3 is 0 Å². The van der Waals surface area contributed by atoms with E-state index in [1.54, 1.807) is 0 Å². The van der Waals surface area contributed by atoms with Gasteiger partial charge in [0.05, 0.1) is 13.1 Å². The number of hydrogen-bond donors (Lipinski definition) is 2. The fourth-order valence-electron chi connectivity index (χ4n) is 4.33. The molecule has 0 bridgehead atoms. The van der Waals surface area contributed by atoms with E-state index in [1.807, 2.05) is 19.1 Å². The van der Waals surface area contributed by atoms with Crippen LogP contribution in [0, 0.1) is 24.6 Å². The number of quaternary nitrogens is 1. The molecule has 26 heavy (non-hydrogen) atoms. The van der Waals surface area contributed by atoms with Crippen molar-refractivity contribution in [3.05, 3.63) is 46.3 Å². The van der Waals surface area contributed by atoms with Crippen LogP contribution in [0.3, 0.4) is 0 Å². The fraction of sp³-hybridized carbons (Fsp3) is 0.474. The zero-order valence-corrected chi connectivity index (χ0v) is 16.1. The van der Waals surface area contributed by atoms with Gasteiger partial charge in [0.25, 0.3) is 0 Å². The van der Waals surface area contributed by atoms with E-state index in [0.29, 0.717) is 22.6 Å². The second kappa shape index (κ2) is 6.63. The highest BCUT2D eigenvalue weighted by atomic mass is 32.1. The molecule has 1 fully saturated rings. The molecule has 1 saturated heterocycles. The Kier molecular flexibility index (Phi) is 4.44. The lowest BCUT2D eigenvalue weighted by molar-refractivity contribution is -0.936. The van der Waals surface area contributed by atoms with Crippen molar-refractivity contribution in [3.63, 3.8) is 0 Å². The number of aromatic hydroxyl groups is 1. The van der Waals surface area contributed by atoms with Crippen LogP contribution in [0.4, 0.5) is 4.39 Å². The van der Waals surface area contributed by atoms with Crippen LogP contribution in [0.25, 0.3) is 4.96 Å². The highest BCUT2D eigenvalue weighted by molar-refractivity contribution is 7.17. The molecule has 0 spiro atoms. The Hall–Kier alpha value is -1.99. The van der Waals surface area contributed by atoms with Crippen molar-refractivity contribution in [2.45, 2.75) is 33.2 Å². The van der Waals surface area contributed by atoms with Crippen LogP contribution in [0.5, 0.6) is 5.88 Å². The second-order valence-corrected chi connectivity index (χ2v) is 8.65. The molecule has 2 N–H and O–H groups in total. The molecular formula is C19H24FN4OS+. The molecule has 4 rings (SSSR count). The van der Waals surface area contributed by atoms with Crippen molar-refractivity contribution in [1.82, 2.24) is 14.6 Å². The molecule has 3 heterocycles. The lowest BCUT2D eigenvalue weighted by Gasteiger charge is -2.37. The van der Waals surface area contributed by atoms with Gasteiger partial charge in [-0.25, -0.2) is 9.37 Å². The van der Waals surface area contributed by atoms with Crippen LogP contribution in [-0.4, -0.2) is 32.8 Å². The van der Waals surface area contributed by atoms with Crippen LogP contribution >= 0.6 is 11.3 Å². The van der Waals surface area contributed by atoms with E-state index in [9.17, 15) is 9.50 Å². The van der Waals surface area contributed by atoms with Crippen LogP contribution in [-0.2, 0) is 0 Å². The number of likely N-dealkylation sites (tertiary alicyclic amines) is 1. The average molecular weight is 375 g/mol. The molecule has 3 aromatic rings. The second-order valence-electron chi connectivity index (χ2n) is 7.64. The SMILES string of the molecule is Cc1nc2sc([C@@H](c3ccc(F)cc3)[NH+]3C[C@H](C)C[C@H](C)C3)c(O)n2n1. The van der Waals surface area contributed by atoms with E-state index in [0.717, 1.165) is 23.5 Å². The number of thiazole rings is 1. The molecule has 0 radical (unpaired) electrons. The minimum Gasteiger partial charge on any atom is -0.492 e. The number of piperidine rings is 1. The van der Waals surface area contributed by atoms with Gasteiger partial charge in [0, 0.05) is 17.4 Å². The van der Waals surface area contributed by atoms with E-state index < -0.39 is 0 Å². The van der Waals surface area contributed by atoms with Crippen LogP contribution in [0.1, 0.15) is 42.6 Å². The summed E-state index contributed by atoms with van der Waals surface area (Å²) in [5.41, 5.74) is 1.01. The number of halogens is 1. The van der Waals surface area contributed by atoms with E-state index in [4.69, 9.17) is 0 Å². The van der Waals surface area contributed by atoms with Crippen molar-refractivity contribution in [2.75, 3.05) is 13.1 Å². The number of aromatic nitrogens is 3. The van der Waals surface area contributed by atoms with Gasteiger partial charge in [-0.3, -0.25) is 0 Å². The number of hydrogen-bond acceptors (Lipinski definition) is 4. The lowest BCUT2D eigenvalue weighted by Crippen LogP contribution is -3.14. The van der Waals surface area contributed by atoms with Crippen molar-refractivity contribution in [2.24, 2.45) is 11.8 Å². The standard InChI is InChI=1S/C19H23FN4OS/c1-11-8-12(2)10-23(9-11)16(14-4-6-15(20)7-5-14)17-18(25)24-19(26-17)21-13(3)22-24/h4-7,11-12,16,25H,8-10H2,1-3H3/p+1/t11-,12+,16-/m1/s1. The number of aryl methyl sites for hydroxylation is 1. The molecule has 5 nitrogen and oxygen atoms in total. The fourth-order valence-corrected chi connectivity index (χ4v) is 5.52. The van der Waals surface area contributed by atoms with Gasteiger partial charge in [-0.2, -0.15) is 4.52 Å². The quantitative estimate of drug-likeness (QED) is 0.740. The predicted molar refractivity (Wildman–Crippen MR) is 99.2 cm³/mol. The Labute approximate surface area is 156 Å². The Morgan fingerprint density at radius 1 is 1.23 bits per heavy atom. The highest BCUT2D eigenvalue weighted by Crippen LogP contribution is 2.35. The summed E-state index contributed by atoms with van der Waals surface area (Å²) in [6.07, 6.45) is 1.22. The number of nitrogens with zero attached hydrogens (tertiary/aromatic N) is 3. The van der Waals surface area contributed by atoms with Gasteiger partial charge in [0.15, 0.2) is 6.04 Å². The molecule has 1 aromatic carbocycles. The summed E-state index contributed by atoms with van der Waals surface area (Å²) in [4.78, 5) is 7.35. The first-order chi connectivity index (χ1) is 12.4. The summed E-state index contributed by atoms with van der Waals surface area (Å²) in [6, 6.07) is 6.61. The van der Waals surface area contributed by atoms with Gasteiger partial charge < -0.3 is 10.0 Å². The Morgan fingerprint density at radius 3 is 2.50 bits per heavy atom. The van der Waals surface area contributed by atoms with Crippen LogP contribution < -0.4 is 4.90 Å². The summed E-state index contributed by atoms with van der Waals surface area (Å²) < 4.78 is 15.0. The average Bonchev–Trinajstić information content (AvgIpc) is 3.07. The van der Waals surface area contributed by atoms with Crippen molar-refractivity contribution in [1.29, 1.82) is 0 Å². The number of nitrogens with one attached hydrogen (secondary N) is 1. The first-order valence-corrected chi connectivity index (χ1v) is 9.89. The zero-order valence-electron chi connectivity index (χ0n) is 15.2. The molecule has 1 unspecified atom stereocenters. The maximum Gasteiger partial charge on any atom is 0.235 e. The van der Waals surface area contributed by atoms with Gasteiger partial charge in [-0.05, 0) is 37.6 Å². The Balaban J connectivity index is 1.82. The minimum absolute atomic E-state index is 0.0467. The molecule has 4 atom stereocenters. The molecule has 1 aliphatic heterocycles. The van der Waals surface area contributed by atoms with Crippen molar-refractivity contribution < 1.29 is 14.4 Å². The van der Waals surface area contributed by atoms with Gasteiger partial charge in [-0.1, -0.05) is 25.2 Å². The third-order valence-electron chi connectivity index (χ3n) is 5.21. The smallest absolute Gasteiger partial charge is 0.235 e. The zero-order chi connectivity index (χ0) is 18.4. The number of benzene rings is 1. The largest absolute Gasteiger partial charge is 0.492 e. The van der Waals surface area contributed by atoms with Gasteiger partial charge in [-0.15, -0.1) is 5.10 Å². The minimum atomic E-state index is -0.245. The van der Waals surface area contributed by atoms with E-state index in [2.05, 4.69) is 23.9 Å². The maximum atomic E-state index is 13.5. The number of fused-ring (bicyclic) bond motifs is 1. The third kappa shape index (κ3) is 3.10. The molecular weight excluding hydrogens is 351 g/mol. The highest BCUT2D eigenvalue weighted by Gasteiger charge is 2.37. The molecule has 2 aromatic heterocycles. The monoisotopic (exact) mass is 375 g/mol. The number of rotatable bonds is 3. The maximum absolute atomic E-state index is 13.5. The Bertz CT molecular complexity index is 910. The summed E-state index contributed by atoms with van der Waals surface area (Å²) in [7, 11) is 0. The summed E-state index contributed by atoms with van der Waals surface area (Å²) in [5.74, 6) is 1.78. The third-order valence-corrected chi connectivity index (χ3v) is 6.29. The van der Waals surface area contributed by atoms with Gasteiger partial charge in [0.1, 0.15) is 16.5 Å². The normalized spacial score (nSPS) is 24.8. The van der Waals surface area contributed by atoms with E-state index in [1.165, 1.54) is 39.3 Å². The van der Waals surface area contributed by atoms with Crippen molar-refractivity contribution >= 4 is 16.3 Å². The van der Waals surface area contributed by atoms with Crippen LogP contribution in [0.15, 0.2) is 24.3 Å². The predicted octanol–water partition coefficient (Wildman–Crippen LogP) is 2.59. The van der Waals surface area contributed by atoms with Crippen molar-refractivity contribution in [3.8, 4) is 5.88 Å². The topological polar surface area (TPSA) is 54.9 Å². The van der Waals surface area contributed by atoms with E-state index >= 15 is 0 Å². The molecule has 1 aliphatic rings. The molecule has 138 valence electrons. The lowest BCUT2D eigenvalue weighted by atomic mass is 9.89. The summed E-state index contributed by atoms with van der Waals surface area (Å²) >= 11 is 1.47. The molecule has 0 amide bonds. The first kappa shape index (κ1) is 17.4. The molecule has 7 heteroatoms. The summed E-state index contributed by atoms with van der Waals surface area (Å²) in [6.45, 7) is 8.43. The molecule has 0 saturated carbocycles. The Morgan fingerprint density at radius 2 is 1.88 bits per heavy atom.